The molecule has 0 spiro atoms. The van der Waals surface area contributed by atoms with Crippen molar-refractivity contribution in [3.05, 3.63) is 169 Å². The molecule has 0 amide bonds. The van der Waals surface area contributed by atoms with Crippen LogP contribution < -0.4 is 0 Å². The topological polar surface area (TPSA) is 9.86 Å². The van der Waals surface area contributed by atoms with Crippen molar-refractivity contribution >= 4 is 65.2 Å². The highest BCUT2D eigenvalue weighted by Crippen LogP contribution is 2.49. The zero-order valence-electron chi connectivity index (χ0n) is 31.3. The smallest absolute Gasteiger partial charge is 0.0562 e. The number of aromatic nitrogens is 2. The zero-order chi connectivity index (χ0) is 36.3. The van der Waals surface area contributed by atoms with E-state index in [1.807, 2.05) is 0 Å². The van der Waals surface area contributed by atoms with Crippen LogP contribution in [-0.4, -0.2) is 9.13 Å². The van der Waals surface area contributed by atoms with Gasteiger partial charge < -0.3 is 9.13 Å². The van der Waals surface area contributed by atoms with Gasteiger partial charge in [0.1, 0.15) is 0 Å². The Kier molecular flexibility index (Phi) is 6.51. The predicted octanol–water partition coefficient (Wildman–Crippen LogP) is 14.2. The molecule has 0 aliphatic heterocycles. The average Bonchev–Trinajstić information content (AvgIpc) is 3.70. The van der Waals surface area contributed by atoms with Gasteiger partial charge in [0.2, 0.25) is 0 Å². The summed E-state index contributed by atoms with van der Waals surface area (Å²) < 4.78 is 5.03. The second-order valence-electron chi connectivity index (χ2n) is 16.9. The molecule has 8 aromatic carbocycles. The van der Waals surface area contributed by atoms with Crippen molar-refractivity contribution in [3.63, 3.8) is 0 Å². The maximum Gasteiger partial charge on any atom is 0.0562 e. The van der Waals surface area contributed by atoms with Gasteiger partial charge in [0.25, 0.3) is 0 Å². The SMILES string of the molecule is CC1(C)CCC(C)(C)c2cc3c(cc21)c1cc2c4c5ccccc5ccc4n(-c4ccc5cc(-c6ccccc6)ccc5c4)c2cc1n3-c1ccccc1. The van der Waals surface area contributed by atoms with Crippen molar-refractivity contribution in [2.45, 2.75) is 51.4 Å². The molecule has 2 nitrogen and oxygen atoms in total. The van der Waals surface area contributed by atoms with Crippen LogP contribution in [0, 0.1) is 0 Å². The molecule has 1 aliphatic carbocycles. The van der Waals surface area contributed by atoms with Crippen molar-refractivity contribution < 1.29 is 0 Å². The van der Waals surface area contributed by atoms with E-state index in [0.717, 1.165) is 0 Å². The van der Waals surface area contributed by atoms with Gasteiger partial charge >= 0.3 is 0 Å². The molecule has 2 aromatic heterocycles. The minimum Gasteiger partial charge on any atom is -0.309 e. The maximum absolute atomic E-state index is 2.56. The molecular weight excluding hydrogens is 653 g/mol. The third kappa shape index (κ3) is 4.53. The van der Waals surface area contributed by atoms with E-state index in [1.54, 1.807) is 0 Å². The van der Waals surface area contributed by atoms with Gasteiger partial charge in [0, 0.05) is 32.9 Å². The third-order valence-electron chi connectivity index (χ3n) is 12.7. The fourth-order valence-electron chi connectivity index (χ4n) is 9.67. The van der Waals surface area contributed by atoms with Gasteiger partial charge in [-0.05, 0) is 128 Å². The number of rotatable bonds is 3. The van der Waals surface area contributed by atoms with E-state index in [4.69, 9.17) is 0 Å². The van der Waals surface area contributed by atoms with Crippen LogP contribution in [0.1, 0.15) is 51.7 Å². The molecule has 0 unspecified atom stereocenters. The lowest BCUT2D eigenvalue weighted by atomic mass is 9.63. The second kappa shape index (κ2) is 11.2. The molecule has 1 aliphatic rings. The van der Waals surface area contributed by atoms with Crippen molar-refractivity contribution in [3.8, 4) is 22.5 Å². The van der Waals surface area contributed by atoms with Crippen LogP contribution >= 0.6 is 0 Å². The Morgan fingerprint density at radius 3 is 1.76 bits per heavy atom. The molecule has 0 N–H and O–H groups in total. The summed E-state index contributed by atoms with van der Waals surface area (Å²) in [6.07, 6.45) is 2.38. The summed E-state index contributed by atoms with van der Waals surface area (Å²) in [5.41, 5.74) is 13.0. The monoisotopic (exact) mass is 694 g/mol. The van der Waals surface area contributed by atoms with Crippen LogP contribution in [0.3, 0.4) is 0 Å². The van der Waals surface area contributed by atoms with Gasteiger partial charge in [-0.25, -0.2) is 0 Å². The first kappa shape index (κ1) is 31.4. The molecular formula is C52H42N2. The van der Waals surface area contributed by atoms with Gasteiger partial charge in [-0.3, -0.25) is 0 Å². The molecule has 0 bridgehead atoms. The zero-order valence-corrected chi connectivity index (χ0v) is 31.3. The summed E-state index contributed by atoms with van der Waals surface area (Å²) in [6.45, 7) is 9.74. The largest absolute Gasteiger partial charge is 0.309 e. The molecule has 0 atom stereocenters. The second-order valence-corrected chi connectivity index (χ2v) is 16.9. The average molecular weight is 695 g/mol. The van der Waals surface area contributed by atoms with Gasteiger partial charge in [-0.15, -0.1) is 0 Å². The maximum atomic E-state index is 2.56. The normalized spacial score (nSPS) is 15.2. The Hall–Kier alpha value is -6.12. The van der Waals surface area contributed by atoms with E-state index in [9.17, 15) is 0 Å². The van der Waals surface area contributed by atoms with Crippen molar-refractivity contribution in [1.82, 2.24) is 9.13 Å². The summed E-state index contributed by atoms with van der Waals surface area (Å²) >= 11 is 0. The molecule has 0 fully saturated rings. The van der Waals surface area contributed by atoms with Gasteiger partial charge in [-0.1, -0.05) is 125 Å². The van der Waals surface area contributed by atoms with Crippen LogP contribution in [0.4, 0.5) is 0 Å². The van der Waals surface area contributed by atoms with Crippen molar-refractivity contribution in [2.24, 2.45) is 0 Å². The summed E-state index contributed by atoms with van der Waals surface area (Å²) in [5, 5.41) is 10.3. The molecule has 2 heteroatoms. The van der Waals surface area contributed by atoms with Crippen LogP contribution in [0.5, 0.6) is 0 Å². The Balaban J connectivity index is 1.26. The van der Waals surface area contributed by atoms with E-state index in [-0.39, 0.29) is 10.8 Å². The van der Waals surface area contributed by atoms with Gasteiger partial charge in [0.05, 0.1) is 22.1 Å². The van der Waals surface area contributed by atoms with E-state index in [0.29, 0.717) is 0 Å². The number of hydrogen-bond acceptors (Lipinski definition) is 0. The number of fused-ring (bicyclic) bond motifs is 10. The molecule has 10 aromatic rings. The third-order valence-corrected chi connectivity index (χ3v) is 12.7. The molecule has 0 saturated carbocycles. The Bertz CT molecular complexity index is 3140. The first-order chi connectivity index (χ1) is 26.2. The first-order valence-corrected chi connectivity index (χ1v) is 19.4. The first-order valence-electron chi connectivity index (χ1n) is 19.4. The van der Waals surface area contributed by atoms with E-state index in [1.165, 1.54) is 112 Å². The lowest BCUT2D eigenvalue weighted by molar-refractivity contribution is 0.332. The van der Waals surface area contributed by atoms with Gasteiger partial charge in [-0.2, -0.15) is 0 Å². The van der Waals surface area contributed by atoms with E-state index in [2.05, 4.69) is 195 Å². The highest BCUT2D eigenvalue weighted by molar-refractivity contribution is 6.25. The quantitative estimate of drug-likeness (QED) is 0.174. The highest BCUT2D eigenvalue weighted by Gasteiger charge is 2.38. The summed E-state index contributed by atoms with van der Waals surface area (Å²) in [5.74, 6) is 0. The fraction of sp³-hybridized carbons (Fsp3) is 0.154. The molecule has 0 radical (unpaired) electrons. The van der Waals surface area contributed by atoms with E-state index < -0.39 is 0 Å². The summed E-state index contributed by atoms with van der Waals surface area (Å²) in [4.78, 5) is 0. The van der Waals surface area contributed by atoms with Gasteiger partial charge in [0.15, 0.2) is 0 Å². The lowest BCUT2D eigenvalue weighted by Crippen LogP contribution is -2.33. The Labute approximate surface area is 315 Å². The fourth-order valence-corrected chi connectivity index (χ4v) is 9.67. The van der Waals surface area contributed by atoms with Crippen molar-refractivity contribution in [2.75, 3.05) is 0 Å². The summed E-state index contributed by atoms with van der Waals surface area (Å²) in [6, 6.07) is 59.0. The number of nitrogens with zero attached hydrogens (tertiary/aromatic N) is 2. The van der Waals surface area contributed by atoms with Crippen LogP contribution in [0.2, 0.25) is 0 Å². The van der Waals surface area contributed by atoms with Crippen molar-refractivity contribution in [1.29, 1.82) is 0 Å². The van der Waals surface area contributed by atoms with Crippen LogP contribution in [-0.2, 0) is 10.8 Å². The summed E-state index contributed by atoms with van der Waals surface area (Å²) in [7, 11) is 0. The number of hydrogen-bond donors (Lipinski definition) is 0. The molecule has 11 rings (SSSR count). The standard InChI is InChI=1S/C52H42N2/c1-51(2)25-26-52(3,4)45-31-47-42(30-44(45)51)41-29-43-49(32-48(41)53(47)38-16-9-6-10-17-38)54(46-24-22-34-15-11-12-18-40(34)50(43)46)39-23-21-36-27-35(19-20-37(36)28-39)33-13-7-5-8-14-33/h5-24,27-32H,25-26H2,1-4H3. The number of benzene rings is 8. The Morgan fingerprint density at radius 1 is 0.370 bits per heavy atom. The highest BCUT2D eigenvalue weighted by atomic mass is 15.0. The number of para-hydroxylation sites is 1. The molecule has 260 valence electrons. The minimum atomic E-state index is 0.116. The molecule has 2 heterocycles. The van der Waals surface area contributed by atoms with E-state index >= 15 is 0 Å². The molecule has 0 saturated heterocycles. The minimum absolute atomic E-state index is 0.116. The Morgan fingerprint density at radius 2 is 0.963 bits per heavy atom. The van der Waals surface area contributed by atoms with Crippen LogP contribution in [0.15, 0.2) is 158 Å². The molecule has 54 heavy (non-hydrogen) atoms. The lowest BCUT2D eigenvalue weighted by Gasteiger charge is -2.42. The van der Waals surface area contributed by atoms with Crippen LogP contribution in [0.25, 0.3) is 87.7 Å². The predicted molar refractivity (Wildman–Crippen MR) is 231 cm³/mol.